The predicted octanol–water partition coefficient (Wildman–Crippen LogP) is 3.69. The maximum atomic E-state index is 9.87. The summed E-state index contributed by atoms with van der Waals surface area (Å²) in [5.74, 6) is 0. The van der Waals surface area contributed by atoms with Crippen LogP contribution in [0.15, 0.2) is 0 Å². The molecule has 0 amide bonds. The zero-order chi connectivity index (χ0) is 14.2. The second-order valence-corrected chi connectivity index (χ2v) is 8.73. The quantitative estimate of drug-likeness (QED) is 0.629. The first-order chi connectivity index (χ1) is 7.93. The van der Waals surface area contributed by atoms with Crippen molar-refractivity contribution >= 4 is 23.5 Å². The molecule has 0 aliphatic carbocycles. The van der Waals surface area contributed by atoms with Crippen LogP contribution in [-0.4, -0.2) is 33.2 Å². The van der Waals surface area contributed by atoms with Crippen molar-refractivity contribution in [1.29, 1.82) is 0 Å². The maximum absolute atomic E-state index is 9.87. The molecule has 0 aromatic carbocycles. The molecule has 1 N–H and O–H groups in total. The SMILES string of the molecule is CC(C)(C)[S]=C(O)CCB1OC(C)(C)C(C)(C)O1. The van der Waals surface area contributed by atoms with Crippen molar-refractivity contribution in [2.24, 2.45) is 0 Å². The Morgan fingerprint density at radius 3 is 1.94 bits per heavy atom. The van der Waals surface area contributed by atoms with Crippen LogP contribution < -0.4 is 0 Å². The van der Waals surface area contributed by atoms with Gasteiger partial charge < -0.3 is 14.4 Å². The van der Waals surface area contributed by atoms with Gasteiger partial charge in [0.05, 0.1) is 16.3 Å². The van der Waals surface area contributed by atoms with E-state index >= 15 is 0 Å². The number of hydrogen-bond donors (Lipinski definition) is 1. The summed E-state index contributed by atoms with van der Waals surface area (Å²) in [5.41, 5.74) is -0.574. The van der Waals surface area contributed by atoms with Crippen LogP contribution in [0.2, 0.25) is 6.32 Å². The van der Waals surface area contributed by atoms with Gasteiger partial charge >= 0.3 is 7.12 Å². The Bertz CT molecular complexity index is 316. The van der Waals surface area contributed by atoms with Crippen molar-refractivity contribution in [2.75, 3.05) is 0 Å². The minimum atomic E-state index is -0.287. The number of aliphatic hydroxyl groups is 1. The minimum Gasteiger partial charge on any atom is -0.403 e. The molecule has 1 heterocycles. The largest absolute Gasteiger partial charge is 0.458 e. The third-order valence-corrected chi connectivity index (χ3v) is 4.37. The molecule has 1 saturated heterocycles. The van der Waals surface area contributed by atoms with Gasteiger partial charge in [0.2, 0.25) is 0 Å². The van der Waals surface area contributed by atoms with Gasteiger partial charge in [0, 0.05) is 11.2 Å². The van der Waals surface area contributed by atoms with E-state index in [1.165, 1.54) is 11.4 Å². The van der Waals surface area contributed by atoms with E-state index in [0.717, 1.165) is 0 Å². The average Bonchev–Trinajstić information content (AvgIpc) is 2.29. The van der Waals surface area contributed by atoms with Crippen molar-refractivity contribution in [3.63, 3.8) is 0 Å². The van der Waals surface area contributed by atoms with Gasteiger partial charge in [-0.25, -0.2) is 0 Å². The van der Waals surface area contributed by atoms with Gasteiger partial charge in [-0.15, -0.1) is 11.4 Å². The second kappa shape index (κ2) is 5.20. The summed E-state index contributed by atoms with van der Waals surface area (Å²) in [6.45, 7) is 14.4. The monoisotopic (exact) mass is 273 g/mol. The average molecular weight is 273 g/mol. The molecule has 1 radical (unpaired) electrons. The Morgan fingerprint density at radius 1 is 1.11 bits per heavy atom. The molecular formula is C13H26BO3S. The van der Waals surface area contributed by atoms with Crippen molar-refractivity contribution in [3.8, 4) is 0 Å². The summed E-state index contributed by atoms with van der Waals surface area (Å²) in [4.78, 5) is 0. The third kappa shape index (κ3) is 4.30. The predicted molar refractivity (Wildman–Crippen MR) is 80.5 cm³/mol. The first kappa shape index (κ1) is 16.1. The smallest absolute Gasteiger partial charge is 0.403 e. The molecule has 3 nitrogen and oxygen atoms in total. The summed E-state index contributed by atoms with van der Waals surface area (Å²) in [6.07, 6.45) is 1.31. The number of hydrogen-bond acceptors (Lipinski definition) is 2. The summed E-state index contributed by atoms with van der Waals surface area (Å²) in [6, 6.07) is 0. The normalized spacial score (nSPS) is 23.6. The molecule has 5 heteroatoms. The summed E-state index contributed by atoms with van der Waals surface area (Å²) in [5, 5.41) is 10.3. The first-order valence-electron chi connectivity index (χ1n) is 6.52. The number of rotatable bonds is 3. The summed E-state index contributed by atoms with van der Waals surface area (Å²) < 4.78 is 11.8. The molecule has 105 valence electrons. The lowest BCUT2D eigenvalue weighted by Crippen LogP contribution is -2.41. The van der Waals surface area contributed by atoms with E-state index in [4.69, 9.17) is 9.31 Å². The standard InChI is InChI=1S/C13H26BO3S/c1-11(2,3)18-10(15)8-9-14-16-12(4,5)13(6,7)17-14/h15H,8-9H2,1-7H3. The lowest BCUT2D eigenvalue weighted by molar-refractivity contribution is 0.00578. The molecule has 0 aromatic rings. The van der Waals surface area contributed by atoms with Gasteiger partial charge in [0.25, 0.3) is 0 Å². The Morgan fingerprint density at radius 2 is 1.56 bits per heavy atom. The van der Waals surface area contributed by atoms with Crippen LogP contribution in [0, 0.1) is 0 Å². The van der Waals surface area contributed by atoms with Crippen LogP contribution in [0.25, 0.3) is 0 Å². The Labute approximate surface area is 115 Å². The zero-order valence-corrected chi connectivity index (χ0v) is 13.5. The molecule has 0 atom stereocenters. The van der Waals surface area contributed by atoms with Gasteiger partial charge in [-0.05, 0) is 54.8 Å². The third-order valence-electron chi connectivity index (χ3n) is 3.32. The van der Waals surface area contributed by atoms with Crippen LogP contribution in [-0.2, 0) is 9.31 Å². The molecule has 0 aromatic heterocycles. The molecule has 0 unspecified atom stereocenters. The maximum Gasteiger partial charge on any atom is 0.458 e. The van der Waals surface area contributed by atoms with Gasteiger partial charge in [-0.2, -0.15) is 0 Å². The molecule has 1 fully saturated rings. The van der Waals surface area contributed by atoms with Crippen LogP contribution in [0.1, 0.15) is 54.9 Å². The molecule has 0 bridgehead atoms. The highest BCUT2D eigenvalue weighted by atomic mass is 32.1. The first-order valence-corrected chi connectivity index (χ1v) is 7.34. The Balaban J connectivity index is 2.51. The lowest BCUT2D eigenvalue weighted by Gasteiger charge is -2.32. The van der Waals surface area contributed by atoms with E-state index in [-0.39, 0.29) is 23.1 Å². The highest BCUT2D eigenvalue weighted by Crippen LogP contribution is 2.38. The van der Waals surface area contributed by atoms with Crippen molar-refractivity contribution in [2.45, 2.75) is 77.2 Å². The van der Waals surface area contributed by atoms with Crippen LogP contribution in [0.4, 0.5) is 0 Å². The van der Waals surface area contributed by atoms with Gasteiger partial charge in [0.15, 0.2) is 0 Å². The Kier molecular flexibility index (Phi) is 4.64. The molecular weight excluding hydrogens is 247 g/mol. The van der Waals surface area contributed by atoms with Crippen LogP contribution >= 0.6 is 11.4 Å². The molecule has 18 heavy (non-hydrogen) atoms. The van der Waals surface area contributed by atoms with Crippen LogP contribution in [0.3, 0.4) is 0 Å². The fraction of sp³-hybridized carbons (Fsp3) is 0.923. The van der Waals surface area contributed by atoms with Gasteiger partial charge in [-0.1, -0.05) is 0 Å². The summed E-state index contributed by atoms with van der Waals surface area (Å²) in [7, 11) is -0.224. The van der Waals surface area contributed by atoms with Gasteiger partial charge in [0.1, 0.15) is 0 Å². The van der Waals surface area contributed by atoms with Crippen molar-refractivity contribution < 1.29 is 14.4 Å². The van der Waals surface area contributed by atoms with Crippen molar-refractivity contribution in [3.05, 3.63) is 0 Å². The van der Waals surface area contributed by atoms with E-state index in [1.54, 1.807) is 0 Å². The van der Waals surface area contributed by atoms with E-state index < -0.39 is 0 Å². The lowest BCUT2D eigenvalue weighted by atomic mass is 9.83. The van der Waals surface area contributed by atoms with Crippen LogP contribution in [0.5, 0.6) is 0 Å². The van der Waals surface area contributed by atoms with E-state index in [9.17, 15) is 5.11 Å². The Hall–Kier alpha value is 0.0349. The number of aliphatic hydroxyl groups excluding tert-OH is 1. The molecule has 1 aliphatic heterocycles. The topological polar surface area (TPSA) is 38.7 Å². The van der Waals surface area contributed by atoms with Gasteiger partial charge in [-0.3, -0.25) is 0 Å². The molecule has 1 rings (SSSR count). The van der Waals surface area contributed by atoms with E-state index in [0.29, 0.717) is 17.8 Å². The summed E-state index contributed by atoms with van der Waals surface area (Å²) >= 11 is 1.50. The zero-order valence-electron chi connectivity index (χ0n) is 12.7. The molecule has 0 saturated carbocycles. The molecule has 1 aliphatic rings. The highest BCUT2D eigenvalue weighted by Gasteiger charge is 2.50. The second-order valence-electron chi connectivity index (χ2n) is 6.83. The van der Waals surface area contributed by atoms with E-state index in [2.05, 4.69) is 20.8 Å². The van der Waals surface area contributed by atoms with Crippen molar-refractivity contribution in [1.82, 2.24) is 0 Å². The molecule has 0 spiro atoms. The van der Waals surface area contributed by atoms with E-state index in [1.807, 2.05) is 27.7 Å². The highest BCUT2D eigenvalue weighted by molar-refractivity contribution is 7.99. The minimum absolute atomic E-state index is 0.0417. The fourth-order valence-electron chi connectivity index (χ4n) is 1.73. The fourth-order valence-corrected chi connectivity index (χ4v) is 2.66.